The Bertz CT molecular complexity index is 1290. The number of unbranched alkanes of at least 4 members (excludes halogenated alkanes) is 11. The zero-order valence-electron chi connectivity index (χ0n) is 29.9. The SMILES string of the molecule is CCCCCCCCCCCCCCC(C)(C)CC(=O)Oc1cc(C(=O)CNC(C)C)ccc1OC(=O)c1ccc(C)c(OC)c1Cl. The minimum atomic E-state index is -0.738. The van der Waals surface area contributed by atoms with Crippen LogP contribution in [0.4, 0.5) is 0 Å². The number of ketones is 1. The molecule has 262 valence electrons. The number of ether oxygens (including phenoxy) is 3. The standard InChI is InChI=1S/C39H58ClNO6/c1-8-9-10-11-12-13-14-15-16-17-18-19-24-39(5,6)26-35(43)46-34-25-30(32(42)27-41-28(2)3)21-23-33(34)47-38(44)31-22-20-29(4)37(45-7)36(31)40/h20-23,25,28,41H,8-19,24,26-27H2,1-7H3. The Morgan fingerprint density at radius 2 is 1.43 bits per heavy atom. The summed E-state index contributed by atoms with van der Waals surface area (Å²) in [6, 6.07) is 7.88. The van der Waals surface area contributed by atoms with Crippen LogP contribution in [0.15, 0.2) is 30.3 Å². The molecule has 1 N–H and O–H groups in total. The van der Waals surface area contributed by atoms with Crippen LogP contribution in [0.5, 0.6) is 17.2 Å². The summed E-state index contributed by atoms with van der Waals surface area (Å²) in [6.07, 6.45) is 16.5. The molecule has 0 aliphatic heterocycles. The molecule has 0 bridgehead atoms. The van der Waals surface area contributed by atoms with E-state index in [4.69, 9.17) is 25.8 Å². The van der Waals surface area contributed by atoms with Gasteiger partial charge in [-0.1, -0.05) is 129 Å². The Balaban J connectivity index is 2.01. The van der Waals surface area contributed by atoms with Crippen molar-refractivity contribution >= 4 is 29.3 Å². The van der Waals surface area contributed by atoms with Gasteiger partial charge in [-0.15, -0.1) is 0 Å². The summed E-state index contributed by atoms with van der Waals surface area (Å²) >= 11 is 6.45. The van der Waals surface area contributed by atoms with Crippen molar-refractivity contribution in [3.05, 3.63) is 52.0 Å². The Labute approximate surface area is 288 Å². The summed E-state index contributed by atoms with van der Waals surface area (Å²) in [5.41, 5.74) is 0.947. The number of rotatable bonds is 23. The fourth-order valence-corrected chi connectivity index (χ4v) is 5.91. The Hall–Kier alpha value is -2.90. The average Bonchev–Trinajstić information content (AvgIpc) is 3.01. The molecule has 0 unspecified atom stereocenters. The van der Waals surface area contributed by atoms with Crippen molar-refractivity contribution in [2.24, 2.45) is 5.41 Å². The molecular weight excluding hydrogens is 614 g/mol. The molecule has 0 aliphatic carbocycles. The highest BCUT2D eigenvalue weighted by Crippen LogP contribution is 2.35. The molecule has 7 nitrogen and oxygen atoms in total. The van der Waals surface area contributed by atoms with E-state index in [1.54, 1.807) is 18.2 Å². The number of esters is 2. The first-order valence-corrected chi connectivity index (χ1v) is 17.9. The van der Waals surface area contributed by atoms with Gasteiger partial charge in [-0.05, 0) is 48.6 Å². The van der Waals surface area contributed by atoms with Crippen LogP contribution >= 0.6 is 11.6 Å². The van der Waals surface area contributed by atoms with Crippen LogP contribution in [0, 0.1) is 12.3 Å². The van der Waals surface area contributed by atoms with Gasteiger partial charge in [0, 0.05) is 11.6 Å². The summed E-state index contributed by atoms with van der Waals surface area (Å²) in [5.74, 6) is -0.958. The van der Waals surface area contributed by atoms with Crippen molar-refractivity contribution in [1.82, 2.24) is 5.32 Å². The number of hydrogen-bond acceptors (Lipinski definition) is 7. The number of aryl methyl sites for hydroxylation is 1. The van der Waals surface area contributed by atoms with Crippen LogP contribution in [0.25, 0.3) is 0 Å². The van der Waals surface area contributed by atoms with Gasteiger partial charge in [-0.2, -0.15) is 0 Å². The summed E-state index contributed by atoms with van der Waals surface area (Å²) < 4.78 is 16.8. The number of nitrogens with one attached hydrogen (secondary N) is 1. The second kappa shape index (κ2) is 21.1. The molecule has 0 saturated carbocycles. The quantitative estimate of drug-likeness (QED) is 0.0544. The van der Waals surface area contributed by atoms with Crippen LogP contribution < -0.4 is 19.5 Å². The fourth-order valence-electron chi connectivity index (χ4n) is 5.54. The maximum absolute atomic E-state index is 13.2. The van der Waals surface area contributed by atoms with Crippen molar-refractivity contribution in [3.8, 4) is 17.2 Å². The van der Waals surface area contributed by atoms with E-state index in [2.05, 4.69) is 26.1 Å². The van der Waals surface area contributed by atoms with Gasteiger partial charge in [0.15, 0.2) is 17.3 Å². The van der Waals surface area contributed by atoms with E-state index < -0.39 is 11.9 Å². The Morgan fingerprint density at radius 1 is 0.830 bits per heavy atom. The lowest BCUT2D eigenvalue weighted by Crippen LogP contribution is -2.29. The third-order valence-corrected chi connectivity index (χ3v) is 8.79. The highest BCUT2D eigenvalue weighted by atomic mass is 35.5. The molecule has 2 rings (SSSR count). The third kappa shape index (κ3) is 14.8. The van der Waals surface area contributed by atoms with Gasteiger partial charge in [0.25, 0.3) is 0 Å². The van der Waals surface area contributed by atoms with Crippen molar-refractivity contribution in [3.63, 3.8) is 0 Å². The average molecular weight is 672 g/mol. The maximum Gasteiger partial charge on any atom is 0.345 e. The summed E-state index contributed by atoms with van der Waals surface area (Å²) in [5, 5.41) is 3.23. The molecule has 0 heterocycles. The predicted octanol–water partition coefficient (Wildman–Crippen LogP) is 10.5. The highest BCUT2D eigenvalue weighted by Gasteiger charge is 2.26. The monoisotopic (exact) mass is 671 g/mol. The molecule has 8 heteroatoms. The van der Waals surface area contributed by atoms with E-state index in [0.717, 1.165) is 24.8 Å². The second-order valence-corrected chi connectivity index (χ2v) is 14.1. The second-order valence-electron chi connectivity index (χ2n) is 13.7. The lowest BCUT2D eigenvalue weighted by atomic mass is 9.83. The van der Waals surface area contributed by atoms with Crippen LogP contribution in [0.3, 0.4) is 0 Å². The van der Waals surface area contributed by atoms with Crippen molar-refractivity contribution < 1.29 is 28.6 Å². The fraction of sp³-hybridized carbons (Fsp3) is 0.615. The van der Waals surface area contributed by atoms with E-state index in [-0.39, 0.29) is 52.3 Å². The molecular formula is C39H58ClNO6. The molecule has 0 aromatic heterocycles. The molecule has 0 spiro atoms. The smallest absolute Gasteiger partial charge is 0.345 e. The van der Waals surface area contributed by atoms with E-state index in [1.807, 2.05) is 20.8 Å². The summed E-state index contributed by atoms with van der Waals surface area (Å²) in [7, 11) is 1.48. The molecule has 47 heavy (non-hydrogen) atoms. The Kier molecular flexibility index (Phi) is 18.1. The number of carbonyl (C=O) groups is 3. The Morgan fingerprint density at radius 3 is 2.00 bits per heavy atom. The molecule has 0 aliphatic rings. The highest BCUT2D eigenvalue weighted by molar-refractivity contribution is 6.35. The van der Waals surface area contributed by atoms with Crippen LogP contribution in [0.1, 0.15) is 151 Å². The largest absolute Gasteiger partial charge is 0.495 e. The molecule has 0 atom stereocenters. The molecule has 0 fully saturated rings. The van der Waals surface area contributed by atoms with Gasteiger partial charge in [-0.3, -0.25) is 9.59 Å². The number of carbonyl (C=O) groups excluding carboxylic acids is 3. The lowest BCUT2D eigenvalue weighted by Gasteiger charge is -2.23. The number of Topliss-reactive ketones (excluding diaryl/α,β-unsaturated/α-hetero) is 1. The van der Waals surface area contributed by atoms with Gasteiger partial charge >= 0.3 is 11.9 Å². The van der Waals surface area contributed by atoms with E-state index in [1.165, 1.54) is 83.5 Å². The lowest BCUT2D eigenvalue weighted by molar-refractivity contribution is -0.136. The molecule has 0 saturated heterocycles. The maximum atomic E-state index is 13.2. The normalized spacial score (nSPS) is 11.5. The van der Waals surface area contributed by atoms with Crippen LogP contribution in [-0.4, -0.2) is 37.4 Å². The first kappa shape index (κ1) is 40.3. The summed E-state index contributed by atoms with van der Waals surface area (Å²) in [4.78, 5) is 39.3. The minimum Gasteiger partial charge on any atom is -0.495 e. The number of halogens is 1. The van der Waals surface area contributed by atoms with Gasteiger partial charge in [-0.25, -0.2) is 4.79 Å². The first-order valence-electron chi connectivity index (χ1n) is 17.5. The van der Waals surface area contributed by atoms with Gasteiger partial charge in [0.2, 0.25) is 0 Å². The zero-order chi connectivity index (χ0) is 34.8. The number of hydrogen-bond donors (Lipinski definition) is 1. The third-order valence-electron chi connectivity index (χ3n) is 8.41. The zero-order valence-corrected chi connectivity index (χ0v) is 30.7. The first-order chi connectivity index (χ1) is 22.4. The van der Waals surface area contributed by atoms with Crippen LogP contribution in [-0.2, 0) is 4.79 Å². The topological polar surface area (TPSA) is 90.9 Å². The van der Waals surface area contributed by atoms with E-state index in [0.29, 0.717) is 11.3 Å². The van der Waals surface area contributed by atoms with Crippen molar-refractivity contribution in [2.45, 2.75) is 137 Å². The molecule has 0 amide bonds. The van der Waals surface area contributed by atoms with Gasteiger partial charge in [0.05, 0.1) is 30.7 Å². The van der Waals surface area contributed by atoms with Gasteiger partial charge < -0.3 is 19.5 Å². The molecule has 2 aromatic rings. The minimum absolute atomic E-state index is 0.00936. The molecule has 0 radical (unpaired) electrons. The van der Waals surface area contributed by atoms with Gasteiger partial charge in [0.1, 0.15) is 5.75 Å². The number of methoxy groups -OCH3 is 1. The van der Waals surface area contributed by atoms with E-state index in [9.17, 15) is 14.4 Å². The number of benzene rings is 2. The predicted molar refractivity (Wildman–Crippen MR) is 191 cm³/mol. The van der Waals surface area contributed by atoms with Crippen LogP contribution in [0.2, 0.25) is 5.02 Å². The molecule has 2 aromatic carbocycles. The van der Waals surface area contributed by atoms with E-state index >= 15 is 0 Å². The summed E-state index contributed by atoms with van der Waals surface area (Å²) in [6.45, 7) is 12.2. The van der Waals surface area contributed by atoms with Crippen molar-refractivity contribution in [2.75, 3.05) is 13.7 Å². The van der Waals surface area contributed by atoms with Crippen molar-refractivity contribution in [1.29, 1.82) is 0 Å².